The number of nitrogens with one attached hydrogen (secondary N) is 2. The Morgan fingerprint density at radius 2 is 2.04 bits per heavy atom. The minimum Gasteiger partial charge on any atom is -0.383 e. The number of aryl methyl sites for hydroxylation is 2. The van der Waals surface area contributed by atoms with Crippen LogP contribution in [0.4, 0.5) is 0 Å². The largest absolute Gasteiger partial charge is 0.383 e. The zero-order valence-electron chi connectivity index (χ0n) is 16.7. The van der Waals surface area contributed by atoms with E-state index in [1.807, 2.05) is 31.9 Å². The highest BCUT2D eigenvalue weighted by Gasteiger charge is 2.24. The number of hydrogen-bond acceptors (Lipinski definition) is 4. The second kappa shape index (κ2) is 10.4. The summed E-state index contributed by atoms with van der Waals surface area (Å²) in [5.41, 5.74) is 2.35. The van der Waals surface area contributed by atoms with Crippen molar-refractivity contribution in [3.63, 3.8) is 0 Å². The number of aromatic nitrogens is 2. The number of thioether (sulfide) groups is 1. The van der Waals surface area contributed by atoms with Crippen molar-refractivity contribution in [2.24, 2.45) is 12.0 Å². The first-order valence-corrected chi connectivity index (χ1v) is 10.4. The smallest absolute Gasteiger partial charge is 0.191 e. The fraction of sp³-hybridized carbons (Fsp3) is 0.500. The van der Waals surface area contributed by atoms with Crippen molar-refractivity contribution in [3.8, 4) is 0 Å². The lowest BCUT2D eigenvalue weighted by Crippen LogP contribution is -2.39. The lowest BCUT2D eigenvalue weighted by molar-refractivity contribution is 0.0672. The van der Waals surface area contributed by atoms with E-state index in [0.29, 0.717) is 0 Å². The van der Waals surface area contributed by atoms with Crippen molar-refractivity contribution in [3.05, 3.63) is 53.3 Å². The van der Waals surface area contributed by atoms with E-state index >= 15 is 0 Å². The van der Waals surface area contributed by atoms with Crippen LogP contribution < -0.4 is 10.6 Å². The number of rotatable bonds is 9. The van der Waals surface area contributed by atoms with Crippen LogP contribution in [0.5, 0.6) is 0 Å². The van der Waals surface area contributed by atoms with E-state index in [1.165, 1.54) is 11.1 Å². The van der Waals surface area contributed by atoms with Crippen LogP contribution in [-0.4, -0.2) is 46.2 Å². The van der Waals surface area contributed by atoms with Gasteiger partial charge >= 0.3 is 0 Å². The highest BCUT2D eigenvalue weighted by molar-refractivity contribution is 7.98. The van der Waals surface area contributed by atoms with Gasteiger partial charge in [-0.3, -0.25) is 4.68 Å². The molecule has 2 aromatic rings. The summed E-state index contributed by atoms with van der Waals surface area (Å²) in [5, 5.41) is 21.3. The van der Waals surface area contributed by atoms with Gasteiger partial charge < -0.3 is 15.7 Å². The van der Waals surface area contributed by atoms with Crippen molar-refractivity contribution < 1.29 is 5.11 Å². The quantitative estimate of drug-likeness (QED) is 0.349. The average molecular weight is 390 g/mol. The summed E-state index contributed by atoms with van der Waals surface area (Å²) in [6.45, 7) is 7.75. The van der Waals surface area contributed by atoms with Gasteiger partial charge in [0.1, 0.15) is 5.60 Å². The van der Waals surface area contributed by atoms with Crippen LogP contribution in [0.3, 0.4) is 0 Å². The van der Waals surface area contributed by atoms with E-state index in [1.54, 1.807) is 17.8 Å². The van der Waals surface area contributed by atoms with Gasteiger partial charge in [0.25, 0.3) is 0 Å². The molecule has 27 heavy (non-hydrogen) atoms. The molecule has 0 saturated carbocycles. The number of aliphatic hydroxyl groups is 1. The third-order valence-corrected chi connectivity index (χ3v) is 5.17. The fourth-order valence-corrected chi connectivity index (χ4v) is 3.30. The monoisotopic (exact) mass is 389 g/mol. The summed E-state index contributed by atoms with van der Waals surface area (Å²) in [6, 6.07) is 8.67. The van der Waals surface area contributed by atoms with Crippen LogP contribution in [0.15, 0.2) is 41.7 Å². The first kappa shape index (κ1) is 21.3. The summed E-state index contributed by atoms with van der Waals surface area (Å²) < 4.78 is 1.68. The molecule has 148 valence electrons. The Balaban J connectivity index is 1.78. The zero-order chi connectivity index (χ0) is 19.7. The molecule has 1 unspecified atom stereocenters. The van der Waals surface area contributed by atoms with Gasteiger partial charge in [0.05, 0.1) is 12.7 Å². The molecule has 1 atom stereocenters. The van der Waals surface area contributed by atoms with Crippen LogP contribution in [0.2, 0.25) is 0 Å². The third-order valence-electron chi connectivity index (χ3n) is 4.14. The molecule has 3 N–H and O–H groups in total. The summed E-state index contributed by atoms with van der Waals surface area (Å²) in [4.78, 5) is 4.53. The first-order chi connectivity index (χ1) is 12.9. The highest BCUT2D eigenvalue weighted by atomic mass is 32.2. The van der Waals surface area contributed by atoms with E-state index < -0.39 is 5.60 Å². The average Bonchev–Trinajstić information content (AvgIpc) is 3.08. The van der Waals surface area contributed by atoms with Gasteiger partial charge in [0, 0.05) is 43.4 Å². The standard InChI is InChI=1S/C20H31N5OS/c1-5-21-19(23-15-20(3,26)18-12-24-25(4)13-18)22-10-11-27-14-17-8-6-16(2)7-9-17/h6-9,12-13,26H,5,10-11,14-15H2,1-4H3,(H2,21,22,23). The normalized spacial score (nSPS) is 14.0. The molecular formula is C20H31N5OS. The predicted octanol–water partition coefficient (Wildman–Crippen LogP) is 2.42. The molecule has 1 heterocycles. The lowest BCUT2D eigenvalue weighted by Gasteiger charge is -2.20. The van der Waals surface area contributed by atoms with E-state index in [0.717, 1.165) is 36.1 Å². The van der Waals surface area contributed by atoms with Crippen molar-refractivity contribution in [1.82, 2.24) is 20.4 Å². The second-order valence-electron chi connectivity index (χ2n) is 6.84. The zero-order valence-corrected chi connectivity index (χ0v) is 17.5. The predicted molar refractivity (Wildman–Crippen MR) is 114 cm³/mol. The van der Waals surface area contributed by atoms with Gasteiger partial charge in [-0.15, -0.1) is 0 Å². The maximum absolute atomic E-state index is 10.7. The van der Waals surface area contributed by atoms with E-state index in [9.17, 15) is 5.11 Å². The molecule has 6 nitrogen and oxygen atoms in total. The van der Waals surface area contributed by atoms with Gasteiger partial charge in [-0.05, 0) is 26.3 Å². The van der Waals surface area contributed by atoms with Crippen molar-refractivity contribution in [1.29, 1.82) is 0 Å². The topological polar surface area (TPSA) is 74.5 Å². The van der Waals surface area contributed by atoms with Gasteiger partial charge in [-0.1, -0.05) is 29.8 Å². The minimum absolute atomic E-state index is 0.268. The molecule has 7 heteroatoms. The van der Waals surface area contributed by atoms with Crippen LogP contribution in [0, 0.1) is 6.92 Å². The minimum atomic E-state index is -1.04. The summed E-state index contributed by atoms with van der Waals surface area (Å²) >= 11 is 1.89. The van der Waals surface area contributed by atoms with E-state index in [2.05, 4.69) is 51.9 Å². The fourth-order valence-electron chi connectivity index (χ4n) is 2.48. The summed E-state index contributed by atoms with van der Waals surface area (Å²) in [5.74, 6) is 2.71. The Bertz CT molecular complexity index is 724. The number of guanidine groups is 1. The van der Waals surface area contributed by atoms with E-state index in [-0.39, 0.29) is 6.54 Å². The number of benzene rings is 1. The molecule has 0 bridgehead atoms. The molecule has 0 aliphatic heterocycles. The van der Waals surface area contributed by atoms with Gasteiger partial charge in [0.2, 0.25) is 0 Å². The molecule has 0 fully saturated rings. The second-order valence-corrected chi connectivity index (χ2v) is 7.94. The van der Waals surface area contributed by atoms with Crippen LogP contribution in [0.1, 0.15) is 30.5 Å². The van der Waals surface area contributed by atoms with E-state index in [4.69, 9.17) is 0 Å². The Morgan fingerprint density at radius 1 is 1.30 bits per heavy atom. The van der Waals surface area contributed by atoms with Gasteiger partial charge in [-0.2, -0.15) is 16.9 Å². The molecular weight excluding hydrogens is 358 g/mol. The lowest BCUT2D eigenvalue weighted by atomic mass is 10.0. The Kier molecular flexibility index (Phi) is 8.19. The van der Waals surface area contributed by atoms with Crippen molar-refractivity contribution >= 4 is 17.7 Å². The molecule has 1 aromatic heterocycles. The Hall–Kier alpha value is -1.99. The maximum atomic E-state index is 10.7. The van der Waals surface area contributed by atoms with Crippen LogP contribution in [0.25, 0.3) is 0 Å². The molecule has 0 spiro atoms. The maximum Gasteiger partial charge on any atom is 0.191 e. The summed E-state index contributed by atoms with van der Waals surface area (Å²) in [6.07, 6.45) is 3.50. The molecule has 0 radical (unpaired) electrons. The van der Waals surface area contributed by atoms with Crippen LogP contribution in [-0.2, 0) is 18.4 Å². The molecule has 0 amide bonds. The van der Waals surface area contributed by atoms with Crippen molar-refractivity contribution in [2.45, 2.75) is 32.1 Å². The van der Waals surface area contributed by atoms with Gasteiger partial charge in [-0.25, -0.2) is 4.99 Å². The van der Waals surface area contributed by atoms with Crippen molar-refractivity contribution in [2.75, 3.05) is 25.4 Å². The first-order valence-electron chi connectivity index (χ1n) is 9.27. The third kappa shape index (κ3) is 7.27. The molecule has 1 aromatic carbocycles. The van der Waals surface area contributed by atoms with Crippen LogP contribution >= 0.6 is 11.8 Å². The molecule has 2 rings (SSSR count). The Morgan fingerprint density at radius 3 is 2.67 bits per heavy atom. The van der Waals surface area contributed by atoms with Gasteiger partial charge in [0.15, 0.2) is 5.96 Å². The highest BCUT2D eigenvalue weighted by Crippen LogP contribution is 2.19. The Labute approximate surface area is 166 Å². The SMILES string of the molecule is CCNC(=NCC(C)(O)c1cnn(C)c1)NCCSCc1ccc(C)cc1. The number of nitrogens with zero attached hydrogens (tertiary/aromatic N) is 3. The number of hydrogen-bond donors (Lipinski definition) is 3. The molecule has 0 saturated heterocycles. The summed E-state index contributed by atoms with van der Waals surface area (Å²) in [7, 11) is 1.84. The molecule has 0 aliphatic carbocycles. The molecule has 0 aliphatic rings. The number of aliphatic imine (C=N–C) groups is 1.